The number of nitrogens with zero attached hydrogens (tertiary/aromatic N) is 3. The average Bonchev–Trinajstić information content (AvgIpc) is 2.80. The summed E-state index contributed by atoms with van der Waals surface area (Å²) in [4.78, 5) is 23.6. The summed E-state index contributed by atoms with van der Waals surface area (Å²) < 4.78 is 0. The fourth-order valence-electron chi connectivity index (χ4n) is 3.63. The molecular formula is C24H35IN6O2. The van der Waals surface area contributed by atoms with Crippen molar-refractivity contribution in [1.82, 2.24) is 20.9 Å². The number of rotatable bonds is 8. The lowest BCUT2D eigenvalue weighted by molar-refractivity contribution is 0.0953. The molecule has 1 aromatic heterocycles. The Balaban J connectivity index is 0.00000385. The van der Waals surface area contributed by atoms with Crippen molar-refractivity contribution in [3.05, 3.63) is 53.7 Å². The van der Waals surface area contributed by atoms with Gasteiger partial charge in [-0.1, -0.05) is 12.1 Å². The van der Waals surface area contributed by atoms with E-state index >= 15 is 0 Å². The molecule has 33 heavy (non-hydrogen) atoms. The number of amides is 1. The highest BCUT2D eigenvalue weighted by Gasteiger charge is 2.20. The number of carbonyl (C=O) groups excluding carboxylic acids is 1. The third-order valence-corrected chi connectivity index (χ3v) is 5.40. The zero-order valence-corrected chi connectivity index (χ0v) is 21.7. The lowest BCUT2D eigenvalue weighted by atomic mass is 10.1. The highest BCUT2D eigenvalue weighted by molar-refractivity contribution is 14.0. The number of piperidine rings is 1. The maximum absolute atomic E-state index is 12.1. The van der Waals surface area contributed by atoms with Crippen molar-refractivity contribution < 1.29 is 9.90 Å². The predicted octanol–water partition coefficient (Wildman–Crippen LogP) is 3.06. The van der Waals surface area contributed by atoms with Gasteiger partial charge < -0.3 is 26.0 Å². The molecule has 1 amide bonds. The molecule has 9 heteroatoms. The first-order valence-corrected chi connectivity index (χ1v) is 11.3. The van der Waals surface area contributed by atoms with Crippen molar-refractivity contribution >= 4 is 41.7 Å². The van der Waals surface area contributed by atoms with E-state index in [9.17, 15) is 9.90 Å². The highest BCUT2D eigenvalue weighted by Crippen LogP contribution is 2.18. The Hall–Kier alpha value is -2.56. The molecule has 1 aliphatic heterocycles. The Kier molecular flexibility index (Phi) is 11.2. The molecule has 1 aromatic carbocycles. The summed E-state index contributed by atoms with van der Waals surface area (Å²) in [5.74, 6) is 1.76. The number of hydrogen-bond acceptors (Lipinski definition) is 5. The van der Waals surface area contributed by atoms with E-state index in [1.807, 2.05) is 6.20 Å². The van der Waals surface area contributed by atoms with Crippen LogP contribution in [-0.4, -0.2) is 60.7 Å². The van der Waals surface area contributed by atoms with Gasteiger partial charge in [0.25, 0.3) is 5.91 Å². The van der Waals surface area contributed by atoms with Crippen molar-refractivity contribution in [2.45, 2.75) is 39.2 Å². The van der Waals surface area contributed by atoms with Gasteiger partial charge in [0.05, 0.1) is 0 Å². The van der Waals surface area contributed by atoms with Gasteiger partial charge in [-0.05, 0) is 62.9 Å². The average molecular weight is 566 g/mol. The Bertz CT molecular complexity index is 898. The molecule has 0 bridgehead atoms. The van der Waals surface area contributed by atoms with Gasteiger partial charge in [0.1, 0.15) is 11.6 Å². The number of carbonyl (C=O) groups is 1. The molecule has 0 radical (unpaired) electrons. The van der Waals surface area contributed by atoms with E-state index in [1.165, 1.54) is 11.6 Å². The molecule has 2 aromatic rings. The second-order valence-electron chi connectivity index (χ2n) is 8.02. The zero-order chi connectivity index (χ0) is 22.8. The number of halogens is 1. The standard InChI is InChI=1S/C24H34N6O2.HI/c1-3-25-24(27-13-5-12-26-23(32)19-6-4-7-21(31)16-19)29-20-10-14-30(15-11-20)22-9-8-18(2)17-28-22;/h4,6-9,16-17,20,31H,3,5,10-15H2,1-2H3,(H,26,32)(H2,25,27,29);1H. The van der Waals surface area contributed by atoms with Gasteiger partial charge in [-0.3, -0.25) is 9.79 Å². The van der Waals surface area contributed by atoms with Gasteiger partial charge >= 0.3 is 0 Å². The quantitative estimate of drug-likeness (QED) is 0.170. The summed E-state index contributed by atoms with van der Waals surface area (Å²) in [5.41, 5.74) is 1.63. The number of guanidine groups is 1. The van der Waals surface area contributed by atoms with Crippen LogP contribution in [0.1, 0.15) is 42.1 Å². The van der Waals surface area contributed by atoms with E-state index in [2.05, 4.69) is 56.8 Å². The Morgan fingerprint density at radius 2 is 2.00 bits per heavy atom. The van der Waals surface area contributed by atoms with E-state index in [0.29, 0.717) is 24.7 Å². The first-order valence-electron chi connectivity index (χ1n) is 11.3. The Morgan fingerprint density at radius 1 is 1.21 bits per heavy atom. The SMILES string of the molecule is CCNC(=NCCCNC(=O)c1cccc(O)c1)NC1CCN(c2ccc(C)cn2)CC1.I. The fourth-order valence-corrected chi connectivity index (χ4v) is 3.63. The normalized spacial score (nSPS) is 14.4. The van der Waals surface area contributed by atoms with Gasteiger partial charge in [-0.2, -0.15) is 0 Å². The third kappa shape index (κ3) is 8.71. The number of pyridine rings is 1. The Morgan fingerprint density at radius 3 is 2.67 bits per heavy atom. The van der Waals surface area contributed by atoms with Gasteiger partial charge in [0.15, 0.2) is 5.96 Å². The summed E-state index contributed by atoms with van der Waals surface area (Å²) in [6, 6.07) is 10.9. The molecule has 2 heterocycles. The molecule has 0 unspecified atom stereocenters. The minimum Gasteiger partial charge on any atom is -0.508 e. The molecule has 1 aliphatic rings. The van der Waals surface area contributed by atoms with Gasteiger partial charge in [-0.15, -0.1) is 24.0 Å². The first-order chi connectivity index (χ1) is 15.5. The zero-order valence-electron chi connectivity index (χ0n) is 19.4. The topological polar surface area (TPSA) is 102 Å². The number of aromatic hydroxyl groups is 1. The van der Waals surface area contributed by atoms with Crippen LogP contribution in [0.2, 0.25) is 0 Å². The number of hydrogen-bond donors (Lipinski definition) is 4. The number of aryl methyl sites for hydroxylation is 1. The molecule has 0 atom stereocenters. The molecule has 8 nitrogen and oxygen atoms in total. The number of anilines is 1. The summed E-state index contributed by atoms with van der Waals surface area (Å²) in [5, 5.41) is 19.2. The molecule has 4 N–H and O–H groups in total. The van der Waals surface area contributed by atoms with E-state index < -0.39 is 0 Å². The maximum atomic E-state index is 12.1. The van der Waals surface area contributed by atoms with Crippen molar-refractivity contribution in [3.63, 3.8) is 0 Å². The summed E-state index contributed by atoms with van der Waals surface area (Å²) in [7, 11) is 0. The van der Waals surface area contributed by atoms with Crippen molar-refractivity contribution in [1.29, 1.82) is 0 Å². The fraction of sp³-hybridized carbons (Fsp3) is 0.458. The molecular weight excluding hydrogens is 531 g/mol. The van der Waals surface area contributed by atoms with Crippen LogP contribution >= 0.6 is 24.0 Å². The Labute approximate surface area is 213 Å². The van der Waals surface area contributed by atoms with Crippen LogP contribution in [-0.2, 0) is 0 Å². The number of phenolic OH excluding ortho intramolecular Hbond substituents is 1. The lowest BCUT2D eigenvalue weighted by Gasteiger charge is -2.33. The molecule has 180 valence electrons. The van der Waals surface area contributed by atoms with Crippen LogP contribution in [0.3, 0.4) is 0 Å². The second-order valence-corrected chi connectivity index (χ2v) is 8.02. The van der Waals surface area contributed by atoms with E-state index in [0.717, 1.165) is 50.7 Å². The van der Waals surface area contributed by atoms with Crippen LogP contribution in [0.25, 0.3) is 0 Å². The van der Waals surface area contributed by atoms with E-state index in [4.69, 9.17) is 0 Å². The lowest BCUT2D eigenvalue weighted by Crippen LogP contribution is -2.49. The van der Waals surface area contributed by atoms with Crippen LogP contribution in [0, 0.1) is 6.92 Å². The van der Waals surface area contributed by atoms with Crippen molar-refractivity contribution in [2.24, 2.45) is 4.99 Å². The number of phenols is 1. The van der Waals surface area contributed by atoms with E-state index in [-0.39, 0.29) is 35.6 Å². The largest absolute Gasteiger partial charge is 0.508 e. The minimum atomic E-state index is -0.190. The van der Waals surface area contributed by atoms with Crippen LogP contribution in [0.15, 0.2) is 47.6 Å². The predicted molar refractivity (Wildman–Crippen MR) is 144 cm³/mol. The first kappa shape index (κ1) is 26.7. The molecule has 0 saturated carbocycles. The number of aliphatic imine (C=N–C) groups is 1. The summed E-state index contributed by atoms with van der Waals surface area (Å²) in [6.45, 7) is 7.98. The van der Waals surface area contributed by atoms with Crippen LogP contribution in [0.5, 0.6) is 5.75 Å². The second kappa shape index (κ2) is 13.9. The van der Waals surface area contributed by atoms with Crippen LogP contribution < -0.4 is 20.9 Å². The number of benzene rings is 1. The molecule has 1 fully saturated rings. The highest BCUT2D eigenvalue weighted by atomic mass is 127. The van der Waals surface area contributed by atoms with E-state index in [1.54, 1.807) is 18.2 Å². The molecule has 1 saturated heterocycles. The monoisotopic (exact) mass is 566 g/mol. The van der Waals surface area contributed by atoms with Gasteiger partial charge in [-0.25, -0.2) is 4.98 Å². The summed E-state index contributed by atoms with van der Waals surface area (Å²) >= 11 is 0. The van der Waals surface area contributed by atoms with Crippen molar-refractivity contribution in [2.75, 3.05) is 37.6 Å². The number of nitrogens with one attached hydrogen (secondary N) is 3. The number of aromatic nitrogens is 1. The van der Waals surface area contributed by atoms with Gasteiger partial charge in [0.2, 0.25) is 0 Å². The molecule has 0 spiro atoms. The minimum absolute atomic E-state index is 0. The third-order valence-electron chi connectivity index (χ3n) is 5.40. The van der Waals surface area contributed by atoms with Crippen molar-refractivity contribution in [3.8, 4) is 5.75 Å². The van der Waals surface area contributed by atoms with Gasteiger partial charge in [0, 0.05) is 50.5 Å². The summed E-state index contributed by atoms with van der Waals surface area (Å²) in [6.07, 6.45) is 4.71. The smallest absolute Gasteiger partial charge is 0.251 e. The van der Waals surface area contributed by atoms with Crippen LogP contribution in [0.4, 0.5) is 5.82 Å². The maximum Gasteiger partial charge on any atom is 0.251 e. The molecule has 3 rings (SSSR count). The molecule has 0 aliphatic carbocycles.